The van der Waals surface area contributed by atoms with Crippen LogP contribution in [0.3, 0.4) is 0 Å². The highest BCUT2D eigenvalue weighted by Gasteiger charge is 2.38. The average molecular weight is 239 g/mol. The lowest BCUT2D eigenvalue weighted by molar-refractivity contribution is -0.169. The van der Waals surface area contributed by atoms with Crippen LogP contribution in [0, 0.1) is 0 Å². The molecular formula is C7H8F3N3OS. The minimum Gasteiger partial charge on any atom is -0.262 e. The topological polar surface area (TPSA) is 47.2 Å². The third-order valence-electron chi connectivity index (χ3n) is 1.49. The van der Waals surface area contributed by atoms with Crippen LogP contribution in [0.15, 0.2) is 4.99 Å². The van der Waals surface area contributed by atoms with E-state index in [2.05, 4.69) is 10.1 Å². The molecule has 0 aliphatic heterocycles. The smallest absolute Gasteiger partial charge is 0.262 e. The van der Waals surface area contributed by atoms with Crippen molar-refractivity contribution >= 4 is 17.2 Å². The second-order valence-corrected chi connectivity index (χ2v) is 3.71. The molecule has 15 heavy (non-hydrogen) atoms. The molecule has 8 heteroatoms. The fourth-order valence-corrected chi connectivity index (χ4v) is 1.61. The Morgan fingerprint density at radius 1 is 1.60 bits per heavy atom. The number of rotatable bonds is 1. The molecule has 0 radical (unpaired) electrons. The third-order valence-corrected chi connectivity index (χ3v) is 2.63. The van der Waals surface area contributed by atoms with Crippen molar-refractivity contribution in [1.29, 1.82) is 0 Å². The van der Waals surface area contributed by atoms with Crippen molar-refractivity contribution in [3.63, 3.8) is 0 Å². The maximum absolute atomic E-state index is 11.9. The first-order valence-electron chi connectivity index (χ1n) is 4.03. The van der Waals surface area contributed by atoms with Crippen LogP contribution in [0.5, 0.6) is 0 Å². The minimum absolute atomic E-state index is 0.0471. The number of hydrogen-bond acceptors (Lipinski definition) is 3. The molecule has 0 saturated carbocycles. The van der Waals surface area contributed by atoms with Gasteiger partial charge in [0, 0.05) is 7.05 Å². The summed E-state index contributed by atoms with van der Waals surface area (Å²) in [5.41, 5.74) is 0. The van der Waals surface area contributed by atoms with Crippen molar-refractivity contribution < 1.29 is 18.0 Å². The van der Waals surface area contributed by atoms with Crippen molar-refractivity contribution in [3.8, 4) is 0 Å². The van der Waals surface area contributed by atoms with Gasteiger partial charge in [-0.05, 0) is 6.42 Å². The van der Waals surface area contributed by atoms with E-state index >= 15 is 0 Å². The maximum Gasteiger partial charge on any atom is 0.473 e. The largest absolute Gasteiger partial charge is 0.473 e. The van der Waals surface area contributed by atoms with Crippen molar-refractivity contribution in [3.05, 3.63) is 9.81 Å². The summed E-state index contributed by atoms with van der Waals surface area (Å²) in [5.74, 6) is -2.11. The van der Waals surface area contributed by atoms with Crippen LogP contribution in [-0.2, 0) is 18.3 Å². The van der Waals surface area contributed by atoms with Crippen LogP contribution < -0.4 is 4.80 Å². The SMILES string of the molecule is CCc1nn(C)c(=NC(=O)C(F)(F)F)s1. The van der Waals surface area contributed by atoms with Crippen molar-refractivity contribution in [2.24, 2.45) is 12.0 Å². The second-order valence-electron chi connectivity index (χ2n) is 2.67. The van der Waals surface area contributed by atoms with Gasteiger partial charge in [0.1, 0.15) is 5.01 Å². The average Bonchev–Trinajstić information content (AvgIpc) is 2.45. The summed E-state index contributed by atoms with van der Waals surface area (Å²) < 4.78 is 36.8. The van der Waals surface area contributed by atoms with Crippen LogP contribution in [0.2, 0.25) is 0 Å². The third kappa shape index (κ3) is 2.88. The molecule has 0 atom stereocenters. The van der Waals surface area contributed by atoms with Gasteiger partial charge >= 0.3 is 12.1 Å². The molecule has 0 bridgehead atoms. The van der Waals surface area contributed by atoms with E-state index in [9.17, 15) is 18.0 Å². The molecule has 0 saturated heterocycles. The van der Waals surface area contributed by atoms with Crippen LogP contribution in [0.4, 0.5) is 13.2 Å². The summed E-state index contributed by atoms with van der Waals surface area (Å²) in [5, 5.41) is 4.52. The molecular weight excluding hydrogens is 231 g/mol. The van der Waals surface area contributed by atoms with Gasteiger partial charge in [0.15, 0.2) is 0 Å². The number of nitrogens with zero attached hydrogens (tertiary/aromatic N) is 3. The number of hydrogen-bond donors (Lipinski definition) is 0. The molecule has 0 aliphatic carbocycles. The lowest BCUT2D eigenvalue weighted by Crippen LogP contribution is -2.24. The van der Waals surface area contributed by atoms with Gasteiger partial charge in [-0.15, -0.1) is 0 Å². The monoisotopic (exact) mass is 239 g/mol. The lowest BCUT2D eigenvalue weighted by Gasteiger charge is -1.97. The summed E-state index contributed by atoms with van der Waals surface area (Å²) in [7, 11) is 1.44. The van der Waals surface area contributed by atoms with Gasteiger partial charge in [0.25, 0.3) is 0 Å². The summed E-state index contributed by atoms with van der Waals surface area (Å²) in [6, 6.07) is 0. The first-order chi connectivity index (χ1) is 6.84. The van der Waals surface area contributed by atoms with E-state index in [0.29, 0.717) is 11.4 Å². The summed E-state index contributed by atoms with van der Waals surface area (Å²) in [6.07, 6.45) is -4.34. The second kappa shape index (κ2) is 4.13. The highest BCUT2D eigenvalue weighted by molar-refractivity contribution is 7.08. The molecule has 1 amide bonds. The Morgan fingerprint density at radius 3 is 2.60 bits per heavy atom. The number of alkyl halides is 3. The number of aryl methyl sites for hydroxylation is 2. The maximum atomic E-state index is 11.9. The van der Waals surface area contributed by atoms with Gasteiger partial charge < -0.3 is 0 Å². The zero-order valence-corrected chi connectivity index (χ0v) is 8.82. The van der Waals surface area contributed by atoms with Crippen molar-refractivity contribution in [2.75, 3.05) is 0 Å². The fourth-order valence-electron chi connectivity index (χ4n) is 0.790. The number of aromatic nitrogens is 2. The highest BCUT2D eigenvalue weighted by atomic mass is 32.1. The zero-order chi connectivity index (χ0) is 11.6. The van der Waals surface area contributed by atoms with Gasteiger partial charge in [-0.3, -0.25) is 4.79 Å². The van der Waals surface area contributed by atoms with Crippen molar-refractivity contribution in [1.82, 2.24) is 9.78 Å². The van der Waals surface area contributed by atoms with Crippen LogP contribution in [0.25, 0.3) is 0 Å². The lowest BCUT2D eigenvalue weighted by atomic mass is 10.5. The zero-order valence-electron chi connectivity index (χ0n) is 8.00. The summed E-state index contributed by atoms with van der Waals surface area (Å²) in [6.45, 7) is 1.81. The van der Waals surface area contributed by atoms with Gasteiger partial charge in [0.2, 0.25) is 4.80 Å². The van der Waals surface area contributed by atoms with E-state index < -0.39 is 12.1 Å². The molecule has 84 valence electrons. The molecule has 0 fully saturated rings. The molecule has 1 aromatic rings. The molecule has 1 heterocycles. The molecule has 1 aromatic heterocycles. The highest BCUT2D eigenvalue weighted by Crippen LogP contribution is 2.16. The molecule has 0 unspecified atom stereocenters. The Morgan fingerprint density at radius 2 is 2.20 bits per heavy atom. The van der Waals surface area contributed by atoms with Gasteiger partial charge in [-0.1, -0.05) is 18.3 Å². The normalized spacial score (nSPS) is 13.3. The molecule has 0 aliphatic rings. The van der Waals surface area contributed by atoms with Crippen LogP contribution in [-0.4, -0.2) is 21.9 Å². The van der Waals surface area contributed by atoms with Gasteiger partial charge in [-0.25, -0.2) is 4.68 Å². The van der Waals surface area contributed by atoms with E-state index in [0.717, 1.165) is 16.0 Å². The van der Waals surface area contributed by atoms with E-state index in [-0.39, 0.29) is 4.80 Å². The quantitative estimate of drug-likeness (QED) is 0.735. The first kappa shape index (κ1) is 11.9. The van der Waals surface area contributed by atoms with Crippen LogP contribution in [0.1, 0.15) is 11.9 Å². The first-order valence-corrected chi connectivity index (χ1v) is 4.85. The minimum atomic E-state index is -4.93. The molecule has 0 N–H and O–H groups in total. The molecule has 0 aromatic carbocycles. The molecule has 4 nitrogen and oxygen atoms in total. The Balaban J connectivity index is 3.10. The Hall–Kier alpha value is -1.18. The molecule has 0 spiro atoms. The molecule has 1 rings (SSSR count). The van der Waals surface area contributed by atoms with E-state index in [1.165, 1.54) is 7.05 Å². The predicted octanol–water partition coefficient (Wildman–Crippen LogP) is 1.03. The number of carbonyl (C=O) groups excluding carboxylic acids is 1. The van der Waals surface area contributed by atoms with Crippen molar-refractivity contribution in [2.45, 2.75) is 19.5 Å². The Bertz CT molecular complexity index is 431. The number of amides is 1. The van der Waals surface area contributed by atoms with Crippen LogP contribution >= 0.6 is 11.3 Å². The summed E-state index contributed by atoms with van der Waals surface area (Å²) >= 11 is 0.968. The standard InChI is InChI=1S/C7H8F3N3OS/c1-3-4-12-13(2)6(15-4)11-5(14)7(8,9)10/h3H2,1-2H3. The van der Waals surface area contributed by atoms with E-state index in [4.69, 9.17) is 0 Å². The van der Waals surface area contributed by atoms with Gasteiger partial charge in [-0.2, -0.15) is 23.3 Å². The number of carbonyl (C=O) groups is 1. The number of halogens is 3. The predicted molar refractivity (Wildman–Crippen MR) is 47.1 cm³/mol. The Kier molecular flexibility index (Phi) is 3.28. The Labute approximate surface area is 87.1 Å². The van der Waals surface area contributed by atoms with E-state index in [1.54, 1.807) is 0 Å². The van der Waals surface area contributed by atoms with Gasteiger partial charge in [0.05, 0.1) is 0 Å². The van der Waals surface area contributed by atoms with E-state index in [1.807, 2.05) is 6.92 Å². The fraction of sp³-hybridized carbons (Fsp3) is 0.571. The summed E-state index contributed by atoms with van der Waals surface area (Å²) in [4.78, 5) is 13.5.